The van der Waals surface area contributed by atoms with Crippen LogP contribution in [0.15, 0.2) is 24.3 Å². The number of para-hydroxylation sites is 1. The molecule has 7 heteroatoms. The van der Waals surface area contributed by atoms with Crippen LogP contribution in [0, 0.1) is 6.92 Å². The predicted molar refractivity (Wildman–Crippen MR) is 89.8 cm³/mol. The van der Waals surface area contributed by atoms with Gasteiger partial charge in [0, 0.05) is 12.1 Å². The Bertz CT molecular complexity index is 872. The highest BCUT2D eigenvalue weighted by Crippen LogP contribution is 2.24. The summed E-state index contributed by atoms with van der Waals surface area (Å²) >= 11 is 1.66. The summed E-state index contributed by atoms with van der Waals surface area (Å²) in [7, 11) is 0. The SMILES string of the molecule is Cc1nc(NCc2nc3ccccc3s2)c2c(n1)C(=O)NCC2. The molecule has 0 unspecified atom stereocenters. The summed E-state index contributed by atoms with van der Waals surface area (Å²) in [5.41, 5.74) is 2.38. The summed E-state index contributed by atoms with van der Waals surface area (Å²) in [5, 5.41) is 7.14. The maximum absolute atomic E-state index is 11.9. The molecule has 23 heavy (non-hydrogen) atoms. The number of aryl methyl sites for hydroxylation is 1. The molecule has 1 aliphatic heterocycles. The molecule has 0 saturated heterocycles. The Morgan fingerprint density at radius 3 is 3.00 bits per heavy atom. The van der Waals surface area contributed by atoms with Crippen molar-refractivity contribution in [3.05, 3.63) is 46.4 Å². The number of thiazole rings is 1. The maximum Gasteiger partial charge on any atom is 0.270 e. The van der Waals surface area contributed by atoms with Crippen LogP contribution in [0.4, 0.5) is 5.82 Å². The summed E-state index contributed by atoms with van der Waals surface area (Å²) in [6.07, 6.45) is 0.740. The Balaban J connectivity index is 1.62. The zero-order valence-corrected chi connectivity index (χ0v) is 13.4. The van der Waals surface area contributed by atoms with E-state index in [0.717, 1.165) is 28.3 Å². The van der Waals surface area contributed by atoms with Gasteiger partial charge in [-0.3, -0.25) is 4.79 Å². The van der Waals surface area contributed by atoms with E-state index < -0.39 is 0 Å². The van der Waals surface area contributed by atoms with Gasteiger partial charge in [-0.05, 0) is 25.5 Å². The Kier molecular flexibility index (Phi) is 3.42. The molecule has 2 aromatic heterocycles. The fourth-order valence-corrected chi connectivity index (χ4v) is 3.61. The van der Waals surface area contributed by atoms with Gasteiger partial charge in [0.05, 0.1) is 16.8 Å². The smallest absolute Gasteiger partial charge is 0.270 e. The van der Waals surface area contributed by atoms with Crippen molar-refractivity contribution < 1.29 is 4.79 Å². The number of hydrogen-bond donors (Lipinski definition) is 2. The molecule has 1 aliphatic rings. The number of fused-ring (bicyclic) bond motifs is 2. The van der Waals surface area contributed by atoms with Crippen molar-refractivity contribution in [3.8, 4) is 0 Å². The molecule has 0 spiro atoms. The highest BCUT2D eigenvalue weighted by atomic mass is 32.1. The normalized spacial score (nSPS) is 13.7. The number of nitrogens with one attached hydrogen (secondary N) is 2. The number of benzene rings is 1. The van der Waals surface area contributed by atoms with Gasteiger partial charge >= 0.3 is 0 Å². The first kappa shape index (κ1) is 14.1. The van der Waals surface area contributed by atoms with Gasteiger partial charge in [-0.15, -0.1) is 11.3 Å². The number of carbonyl (C=O) groups excluding carboxylic acids is 1. The first-order valence-corrected chi connectivity index (χ1v) is 8.26. The standard InChI is InChI=1S/C16H15N5OS/c1-9-19-14-10(6-7-17-16(14)22)15(20-9)18-8-13-21-11-4-2-3-5-12(11)23-13/h2-5H,6-8H2,1H3,(H,17,22)(H,18,19,20). The number of anilines is 1. The lowest BCUT2D eigenvalue weighted by atomic mass is 10.1. The van der Waals surface area contributed by atoms with Gasteiger partial charge < -0.3 is 10.6 Å². The van der Waals surface area contributed by atoms with Gasteiger partial charge in [0.2, 0.25) is 0 Å². The maximum atomic E-state index is 11.9. The molecule has 6 nitrogen and oxygen atoms in total. The van der Waals surface area contributed by atoms with Crippen LogP contribution in [0.2, 0.25) is 0 Å². The van der Waals surface area contributed by atoms with Gasteiger partial charge in [-0.2, -0.15) is 0 Å². The summed E-state index contributed by atoms with van der Waals surface area (Å²) in [6, 6.07) is 8.08. The first-order chi connectivity index (χ1) is 11.2. The molecular formula is C16H15N5OS. The van der Waals surface area contributed by atoms with Crippen LogP contribution >= 0.6 is 11.3 Å². The Labute approximate surface area is 137 Å². The van der Waals surface area contributed by atoms with Crippen molar-refractivity contribution in [1.29, 1.82) is 0 Å². The van der Waals surface area contributed by atoms with E-state index in [2.05, 4.69) is 31.7 Å². The monoisotopic (exact) mass is 325 g/mol. The minimum atomic E-state index is -0.125. The van der Waals surface area contributed by atoms with Crippen LogP contribution in [0.25, 0.3) is 10.2 Å². The first-order valence-electron chi connectivity index (χ1n) is 7.45. The largest absolute Gasteiger partial charge is 0.363 e. The third kappa shape index (κ3) is 2.63. The Morgan fingerprint density at radius 1 is 1.26 bits per heavy atom. The Hall–Kier alpha value is -2.54. The number of hydrogen-bond acceptors (Lipinski definition) is 6. The van der Waals surface area contributed by atoms with E-state index in [1.54, 1.807) is 18.3 Å². The molecule has 0 saturated carbocycles. The van der Waals surface area contributed by atoms with Crippen LogP contribution in [-0.2, 0) is 13.0 Å². The molecule has 0 atom stereocenters. The van der Waals surface area contributed by atoms with E-state index >= 15 is 0 Å². The van der Waals surface area contributed by atoms with E-state index in [-0.39, 0.29) is 5.91 Å². The second-order valence-electron chi connectivity index (χ2n) is 5.38. The third-order valence-corrected chi connectivity index (χ3v) is 4.78. The number of aromatic nitrogens is 3. The van der Waals surface area contributed by atoms with Crippen molar-refractivity contribution >= 4 is 33.3 Å². The fourth-order valence-electron chi connectivity index (χ4n) is 2.71. The molecule has 3 heterocycles. The van der Waals surface area contributed by atoms with Gasteiger partial charge in [0.1, 0.15) is 22.3 Å². The van der Waals surface area contributed by atoms with Crippen molar-refractivity contribution in [2.75, 3.05) is 11.9 Å². The van der Waals surface area contributed by atoms with Gasteiger partial charge in [0.15, 0.2) is 0 Å². The summed E-state index contributed by atoms with van der Waals surface area (Å²) in [5.74, 6) is 1.20. The molecule has 1 aromatic carbocycles. The highest BCUT2D eigenvalue weighted by Gasteiger charge is 2.22. The van der Waals surface area contributed by atoms with Crippen molar-refractivity contribution in [2.24, 2.45) is 0 Å². The van der Waals surface area contributed by atoms with Crippen molar-refractivity contribution in [1.82, 2.24) is 20.3 Å². The molecule has 0 bridgehead atoms. The lowest BCUT2D eigenvalue weighted by Gasteiger charge is -2.19. The third-order valence-electron chi connectivity index (χ3n) is 3.74. The average molecular weight is 325 g/mol. The summed E-state index contributed by atoms with van der Waals surface area (Å²) in [4.78, 5) is 25.3. The van der Waals surface area contributed by atoms with E-state index in [4.69, 9.17) is 0 Å². The summed E-state index contributed by atoms with van der Waals surface area (Å²) in [6.45, 7) is 3.00. The van der Waals surface area contributed by atoms with E-state index in [9.17, 15) is 4.79 Å². The number of nitrogens with zero attached hydrogens (tertiary/aromatic N) is 3. The molecular weight excluding hydrogens is 310 g/mol. The second kappa shape index (κ2) is 5.58. The fraction of sp³-hybridized carbons (Fsp3) is 0.250. The molecule has 1 amide bonds. The summed E-state index contributed by atoms with van der Waals surface area (Å²) < 4.78 is 1.17. The van der Waals surface area contributed by atoms with Gasteiger partial charge in [-0.25, -0.2) is 15.0 Å². The topological polar surface area (TPSA) is 79.8 Å². The zero-order chi connectivity index (χ0) is 15.8. The highest BCUT2D eigenvalue weighted by molar-refractivity contribution is 7.18. The molecule has 4 rings (SSSR count). The lowest BCUT2D eigenvalue weighted by Crippen LogP contribution is -2.34. The van der Waals surface area contributed by atoms with Crippen LogP contribution in [0.5, 0.6) is 0 Å². The van der Waals surface area contributed by atoms with Crippen molar-refractivity contribution in [2.45, 2.75) is 19.9 Å². The Morgan fingerprint density at radius 2 is 2.13 bits per heavy atom. The zero-order valence-electron chi connectivity index (χ0n) is 12.6. The van der Waals surface area contributed by atoms with Crippen LogP contribution in [0.3, 0.4) is 0 Å². The van der Waals surface area contributed by atoms with Crippen LogP contribution in [0.1, 0.15) is 26.9 Å². The number of carbonyl (C=O) groups is 1. The van der Waals surface area contributed by atoms with Crippen LogP contribution < -0.4 is 10.6 Å². The minimum Gasteiger partial charge on any atom is -0.363 e. The molecule has 3 aromatic rings. The van der Waals surface area contributed by atoms with Crippen LogP contribution in [-0.4, -0.2) is 27.4 Å². The van der Waals surface area contributed by atoms with E-state index in [1.165, 1.54) is 4.70 Å². The quantitative estimate of drug-likeness (QED) is 0.772. The number of rotatable bonds is 3. The van der Waals surface area contributed by atoms with E-state index in [0.29, 0.717) is 24.6 Å². The molecule has 0 radical (unpaired) electrons. The molecule has 116 valence electrons. The lowest BCUT2D eigenvalue weighted by molar-refractivity contribution is 0.0940. The van der Waals surface area contributed by atoms with Gasteiger partial charge in [0.25, 0.3) is 5.91 Å². The van der Waals surface area contributed by atoms with Gasteiger partial charge in [-0.1, -0.05) is 12.1 Å². The number of amides is 1. The minimum absolute atomic E-state index is 0.125. The van der Waals surface area contributed by atoms with E-state index in [1.807, 2.05) is 18.2 Å². The van der Waals surface area contributed by atoms with Crippen molar-refractivity contribution in [3.63, 3.8) is 0 Å². The average Bonchev–Trinajstić information content (AvgIpc) is 2.96. The molecule has 0 aliphatic carbocycles. The molecule has 0 fully saturated rings. The second-order valence-corrected chi connectivity index (χ2v) is 6.50. The molecule has 2 N–H and O–H groups in total. The predicted octanol–water partition coefficient (Wildman–Crippen LogP) is 2.29.